The van der Waals surface area contributed by atoms with Gasteiger partial charge >= 0.3 is 0 Å². The highest BCUT2D eigenvalue weighted by Gasteiger charge is 2.20. The summed E-state index contributed by atoms with van der Waals surface area (Å²) in [6.45, 7) is 0. The molecule has 10 aromatic carbocycles. The normalized spacial score (nSPS) is 16.2. The number of hydrogen-bond donors (Lipinski definition) is 0. The summed E-state index contributed by atoms with van der Waals surface area (Å²) < 4.78 is 166. The Labute approximate surface area is 346 Å². The molecule has 2 heterocycles. The highest BCUT2D eigenvalue weighted by molar-refractivity contribution is 6.27. The van der Waals surface area contributed by atoms with Crippen LogP contribution in [-0.4, -0.2) is 0 Å². The molecule has 12 aromatic rings. The maximum Gasteiger partial charge on any atom is 0.136 e. The standard InChI is InChI=1S/C54H32O2/c1-2-12-33(13-3-1)34-22-24-35(25-23-34)51-40-16-6-8-18-42(40)52(43-19-9-7-17-41(43)51)44-29-28-37(38-14-4-5-15-39(38)44)36-26-27-46-50(32-36)56-49-31-30-48-53(54(46)49)45-20-10-11-21-47(45)55-48/h1-32H/i1D,2D,3D,6D,7D,8D,9D,12D,13D,16D,17D,18D,19D,22D,23D,24D,25D. The zero-order valence-corrected chi connectivity index (χ0v) is 29.0. The van der Waals surface area contributed by atoms with Gasteiger partial charge in [-0.15, -0.1) is 0 Å². The molecule has 0 aliphatic carbocycles. The SMILES string of the molecule is [2H]c1c([2H])c([2H])c(-c2c([2H])c([2H])c(-c3c4c([2H])c([2H])c([2H])c([2H])c4c(-c4ccc(-c5ccc6c(c5)oc5ccc7oc8ccccc8c7c56)c5ccccc45)c4c([2H])c([2H])c([2H])c([2H])c34)c([2H])c2[2H])c([2H])c1[2H]. The molecule has 0 saturated carbocycles. The molecule has 0 spiro atoms. The van der Waals surface area contributed by atoms with E-state index in [2.05, 4.69) is 0 Å². The minimum Gasteiger partial charge on any atom is -0.456 e. The molecule has 2 aromatic heterocycles. The third-order valence-electron chi connectivity index (χ3n) is 10.5. The Kier molecular flexibility index (Phi) is 4.03. The average Bonchev–Trinajstić information content (AvgIpc) is 3.97. The minimum absolute atomic E-state index is 0.00871. The lowest BCUT2D eigenvalue weighted by molar-refractivity contribution is 0.663. The molecule has 0 saturated heterocycles. The van der Waals surface area contributed by atoms with Crippen molar-refractivity contribution in [2.75, 3.05) is 0 Å². The van der Waals surface area contributed by atoms with Crippen LogP contribution in [0.15, 0.2) is 203 Å². The zero-order valence-electron chi connectivity index (χ0n) is 46.0. The van der Waals surface area contributed by atoms with Crippen molar-refractivity contribution in [3.63, 3.8) is 0 Å². The smallest absolute Gasteiger partial charge is 0.136 e. The number of benzene rings is 10. The second kappa shape index (κ2) is 12.0. The Bertz CT molecular complexity index is 4400. The molecule has 0 N–H and O–H groups in total. The predicted molar refractivity (Wildman–Crippen MR) is 235 cm³/mol. The summed E-state index contributed by atoms with van der Waals surface area (Å²) in [4.78, 5) is 0. The van der Waals surface area contributed by atoms with E-state index < -0.39 is 125 Å². The molecule has 2 nitrogen and oxygen atoms in total. The van der Waals surface area contributed by atoms with Crippen molar-refractivity contribution in [2.24, 2.45) is 0 Å². The first-order valence-electron chi connectivity index (χ1n) is 26.3. The van der Waals surface area contributed by atoms with E-state index in [0.29, 0.717) is 27.5 Å². The van der Waals surface area contributed by atoms with Gasteiger partial charge in [-0.3, -0.25) is 0 Å². The van der Waals surface area contributed by atoms with Gasteiger partial charge in [-0.05, 0) is 107 Å². The predicted octanol–water partition coefficient (Wildman–Crippen LogP) is 15.6. The molecule has 12 rings (SSSR count). The zero-order chi connectivity index (χ0) is 51.5. The van der Waals surface area contributed by atoms with Crippen LogP contribution < -0.4 is 0 Å². The third kappa shape index (κ3) is 4.57. The summed E-state index contributed by atoms with van der Waals surface area (Å²) in [5.41, 5.74) is 2.23. The number of furan rings is 2. The Morgan fingerprint density at radius 3 is 1.48 bits per heavy atom. The van der Waals surface area contributed by atoms with Crippen LogP contribution in [0.2, 0.25) is 0 Å². The van der Waals surface area contributed by atoms with Crippen LogP contribution in [-0.2, 0) is 0 Å². The molecular weight excluding hydrogens is 681 g/mol. The van der Waals surface area contributed by atoms with Crippen molar-refractivity contribution in [2.45, 2.75) is 0 Å². The Morgan fingerprint density at radius 2 is 0.804 bits per heavy atom. The number of rotatable bonds is 4. The van der Waals surface area contributed by atoms with Gasteiger partial charge in [-0.2, -0.15) is 0 Å². The molecule has 0 atom stereocenters. The van der Waals surface area contributed by atoms with E-state index >= 15 is 0 Å². The number of para-hydroxylation sites is 1. The highest BCUT2D eigenvalue weighted by Crippen LogP contribution is 2.47. The minimum atomic E-state index is -0.868. The fourth-order valence-corrected chi connectivity index (χ4v) is 8.10. The van der Waals surface area contributed by atoms with Crippen molar-refractivity contribution in [3.8, 4) is 44.5 Å². The molecule has 56 heavy (non-hydrogen) atoms. The maximum atomic E-state index is 9.55. The maximum absolute atomic E-state index is 9.55. The second-order valence-corrected chi connectivity index (χ2v) is 13.4. The molecule has 0 aliphatic heterocycles. The second-order valence-electron chi connectivity index (χ2n) is 13.4. The summed E-state index contributed by atoms with van der Waals surface area (Å²) in [5, 5.41) is 3.64. The number of hydrogen-bond acceptors (Lipinski definition) is 2. The van der Waals surface area contributed by atoms with Gasteiger partial charge in [-0.25, -0.2) is 0 Å². The van der Waals surface area contributed by atoms with Crippen LogP contribution >= 0.6 is 0 Å². The lowest BCUT2D eigenvalue weighted by Crippen LogP contribution is -1.92. The average molecular weight is 730 g/mol. The van der Waals surface area contributed by atoms with Crippen molar-refractivity contribution in [1.82, 2.24) is 0 Å². The van der Waals surface area contributed by atoms with Gasteiger partial charge in [0.2, 0.25) is 0 Å². The lowest BCUT2D eigenvalue weighted by atomic mass is 9.83. The summed E-state index contributed by atoms with van der Waals surface area (Å²) in [5.74, 6) is 0. The van der Waals surface area contributed by atoms with Crippen LogP contribution in [0, 0.1) is 0 Å². The quantitative estimate of drug-likeness (QED) is 0.169. The van der Waals surface area contributed by atoms with Crippen molar-refractivity contribution < 1.29 is 32.1 Å². The Morgan fingerprint density at radius 1 is 0.304 bits per heavy atom. The van der Waals surface area contributed by atoms with E-state index in [9.17, 15) is 11.0 Å². The van der Waals surface area contributed by atoms with Gasteiger partial charge < -0.3 is 8.83 Å². The van der Waals surface area contributed by atoms with Gasteiger partial charge in [-0.1, -0.05) is 163 Å². The monoisotopic (exact) mass is 729 g/mol. The van der Waals surface area contributed by atoms with E-state index in [1.807, 2.05) is 72.8 Å². The summed E-state index contributed by atoms with van der Waals surface area (Å²) in [7, 11) is 0. The van der Waals surface area contributed by atoms with Crippen LogP contribution in [0.3, 0.4) is 0 Å². The van der Waals surface area contributed by atoms with E-state index in [0.717, 1.165) is 43.8 Å². The summed E-state index contributed by atoms with van der Waals surface area (Å²) in [6, 6.07) is 15.3. The van der Waals surface area contributed by atoms with E-state index in [1.165, 1.54) is 0 Å². The van der Waals surface area contributed by atoms with Crippen LogP contribution in [0.1, 0.15) is 23.3 Å². The molecular formula is C54H32O2. The first kappa shape index (κ1) is 18.8. The molecule has 0 amide bonds. The van der Waals surface area contributed by atoms with E-state index in [-0.39, 0.29) is 27.1 Å². The van der Waals surface area contributed by atoms with Crippen LogP contribution in [0.4, 0.5) is 0 Å². The molecule has 2 heteroatoms. The van der Waals surface area contributed by atoms with Gasteiger partial charge in [0.15, 0.2) is 0 Å². The molecule has 0 unspecified atom stereocenters. The van der Waals surface area contributed by atoms with Gasteiger partial charge in [0.25, 0.3) is 0 Å². The van der Waals surface area contributed by atoms with Crippen molar-refractivity contribution >= 4 is 76.2 Å². The van der Waals surface area contributed by atoms with Crippen LogP contribution in [0.25, 0.3) is 121 Å². The largest absolute Gasteiger partial charge is 0.456 e. The fraction of sp³-hybridized carbons (Fsp3) is 0. The highest BCUT2D eigenvalue weighted by atomic mass is 16.3. The van der Waals surface area contributed by atoms with Gasteiger partial charge in [0.05, 0.1) is 23.3 Å². The Hall–Kier alpha value is -7.42. The summed E-state index contributed by atoms with van der Waals surface area (Å²) in [6.07, 6.45) is 0. The van der Waals surface area contributed by atoms with Crippen molar-refractivity contribution in [1.29, 1.82) is 0 Å². The molecule has 0 radical (unpaired) electrons. The number of fused-ring (bicyclic) bond motifs is 10. The van der Waals surface area contributed by atoms with Crippen molar-refractivity contribution in [3.05, 3.63) is 194 Å². The van der Waals surface area contributed by atoms with E-state index in [4.69, 9.17) is 21.2 Å². The fourth-order valence-electron chi connectivity index (χ4n) is 8.10. The van der Waals surface area contributed by atoms with Gasteiger partial charge in [0, 0.05) is 21.5 Å². The lowest BCUT2D eigenvalue weighted by Gasteiger charge is -2.20. The Balaban J connectivity index is 1.17. The third-order valence-corrected chi connectivity index (χ3v) is 10.5. The van der Waals surface area contributed by atoms with Gasteiger partial charge in [0.1, 0.15) is 22.3 Å². The molecule has 260 valence electrons. The first-order chi connectivity index (χ1) is 34.8. The first-order valence-corrected chi connectivity index (χ1v) is 17.8. The van der Waals surface area contributed by atoms with Crippen LogP contribution in [0.5, 0.6) is 0 Å². The summed E-state index contributed by atoms with van der Waals surface area (Å²) >= 11 is 0. The molecule has 0 fully saturated rings. The molecule has 0 aliphatic rings. The van der Waals surface area contributed by atoms with E-state index in [1.54, 1.807) is 18.2 Å². The topological polar surface area (TPSA) is 26.3 Å². The molecule has 0 bridgehead atoms.